The van der Waals surface area contributed by atoms with Crippen LogP contribution in [0.15, 0.2) is 18.2 Å². The summed E-state index contributed by atoms with van der Waals surface area (Å²) in [4.78, 5) is 22.1. The lowest BCUT2D eigenvalue weighted by atomic mass is 10.1. The Kier molecular flexibility index (Phi) is 7.46. The maximum absolute atomic E-state index is 12.0. The van der Waals surface area contributed by atoms with E-state index in [1.54, 1.807) is 0 Å². The molecule has 132 valence electrons. The number of benzene rings is 1. The van der Waals surface area contributed by atoms with Gasteiger partial charge in [0.25, 0.3) is 5.69 Å². The molecule has 0 spiro atoms. The van der Waals surface area contributed by atoms with E-state index in [-0.39, 0.29) is 23.0 Å². The van der Waals surface area contributed by atoms with Crippen molar-refractivity contribution in [3.05, 3.63) is 38.9 Å². The standard InChI is InChI=1S/C17H24ClN3O3/c18-16-12-15(21(23)24)8-7-13(16)11-17(22)20-10-9-19-14-5-3-1-2-4-6-14/h7-8,12,14,19H,1-6,9-11H2,(H,20,22). The quantitative estimate of drug-likeness (QED) is 0.341. The number of hydrogen-bond donors (Lipinski definition) is 2. The molecule has 1 aromatic rings. The SMILES string of the molecule is O=C(Cc1ccc([N+](=O)[O-])cc1Cl)NCCNC1CCCCCC1. The second-order valence-corrected chi connectivity index (χ2v) is 6.61. The fraction of sp³-hybridized carbons (Fsp3) is 0.588. The maximum atomic E-state index is 12.0. The Morgan fingerprint density at radius 2 is 1.92 bits per heavy atom. The molecule has 0 bridgehead atoms. The van der Waals surface area contributed by atoms with E-state index < -0.39 is 4.92 Å². The summed E-state index contributed by atoms with van der Waals surface area (Å²) in [6.45, 7) is 1.32. The number of nitrogens with one attached hydrogen (secondary N) is 2. The van der Waals surface area contributed by atoms with Gasteiger partial charge < -0.3 is 10.6 Å². The van der Waals surface area contributed by atoms with Gasteiger partial charge in [0.15, 0.2) is 0 Å². The smallest absolute Gasteiger partial charge is 0.270 e. The van der Waals surface area contributed by atoms with Gasteiger partial charge in [0.1, 0.15) is 0 Å². The monoisotopic (exact) mass is 353 g/mol. The highest BCUT2D eigenvalue weighted by atomic mass is 35.5. The van der Waals surface area contributed by atoms with Crippen molar-refractivity contribution < 1.29 is 9.72 Å². The van der Waals surface area contributed by atoms with E-state index in [2.05, 4.69) is 10.6 Å². The van der Waals surface area contributed by atoms with E-state index in [1.165, 1.54) is 56.7 Å². The Morgan fingerprint density at radius 3 is 2.54 bits per heavy atom. The van der Waals surface area contributed by atoms with Gasteiger partial charge in [-0.3, -0.25) is 14.9 Å². The van der Waals surface area contributed by atoms with Crippen LogP contribution in [0.4, 0.5) is 5.69 Å². The zero-order valence-corrected chi connectivity index (χ0v) is 14.5. The molecule has 1 amide bonds. The highest BCUT2D eigenvalue weighted by molar-refractivity contribution is 6.31. The first-order valence-corrected chi connectivity index (χ1v) is 8.87. The largest absolute Gasteiger partial charge is 0.355 e. The zero-order chi connectivity index (χ0) is 17.4. The average Bonchev–Trinajstić information content (AvgIpc) is 2.82. The molecule has 6 nitrogen and oxygen atoms in total. The molecular formula is C17H24ClN3O3. The van der Waals surface area contributed by atoms with Gasteiger partial charge in [-0.05, 0) is 18.4 Å². The Balaban J connectivity index is 1.70. The molecule has 1 aliphatic carbocycles. The fourth-order valence-electron chi connectivity index (χ4n) is 2.99. The minimum absolute atomic E-state index is 0.0724. The van der Waals surface area contributed by atoms with E-state index in [0.29, 0.717) is 18.2 Å². The fourth-order valence-corrected chi connectivity index (χ4v) is 3.23. The molecule has 1 aliphatic rings. The number of nitrogens with zero attached hydrogens (tertiary/aromatic N) is 1. The summed E-state index contributed by atoms with van der Waals surface area (Å²) in [6.07, 6.45) is 7.76. The first-order chi connectivity index (χ1) is 11.6. The lowest BCUT2D eigenvalue weighted by Gasteiger charge is -2.16. The van der Waals surface area contributed by atoms with Crippen molar-refractivity contribution in [1.29, 1.82) is 0 Å². The third-order valence-electron chi connectivity index (χ3n) is 4.33. The molecule has 24 heavy (non-hydrogen) atoms. The van der Waals surface area contributed by atoms with Crippen LogP contribution in [-0.2, 0) is 11.2 Å². The van der Waals surface area contributed by atoms with Crippen LogP contribution in [0.1, 0.15) is 44.1 Å². The van der Waals surface area contributed by atoms with Crippen LogP contribution in [0.2, 0.25) is 5.02 Å². The van der Waals surface area contributed by atoms with E-state index in [1.807, 2.05) is 0 Å². The number of non-ortho nitro benzene ring substituents is 1. The van der Waals surface area contributed by atoms with Crippen LogP contribution in [-0.4, -0.2) is 30.0 Å². The van der Waals surface area contributed by atoms with Gasteiger partial charge in [0, 0.05) is 31.3 Å². The Labute approximate surface area is 147 Å². The minimum atomic E-state index is -0.505. The van der Waals surface area contributed by atoms with Gasteiger partial charge in [0.2, 0.25) is 5.91 Å². The molecule has 1 saturated carbocycles. The van der Waals surface area contributed by atoms with Crippen LogP contribution in [0.5, 0.6) is 0 Å². The molecular weight excluding hydrogens is 330 g/mol. The van der Waals surface area contributed by atoms with Crippen LogP contribution >= 0.6 is 11.6 Å². The van der Waals surface area contributed by atoms with Crippen molar-refractivity contribution in [3.63, 3.8) is 0 Å². The zero-order valence-electron chi connectivity index (χ0n) is 13.7. The molecule has 2 N–H and O–H groups in total. The van der Waals surface area contributed by atoms with Gasteiger partial charge >= 0.3 is 0 Å². The van der Waals surface area contributed by atoms with Crippen LogP contribution in [0.25, 0.3) is 0 Å². The van der Waals surface area contributed by atoms with Crippen molar-refractivity contribution in [2.75, 3.05) is 13.1 Å². The Bertz CT molecular complexity index is 572. The predicted octanol–water partition coefficient (Wildman–Crippen LogP) is 3.22. The van der Waals surface area contributed by atoms with Gasteiger partial charge in [-0.1, -0.05) is 43.4 Å². The lowest BCUT2D eigenvalue weighted by Crippen LogP contribution is -2.37. The number of amides is 1. The van der Waals surface area contributed by atoms with Crippen LogP contribution in [0, 0.1) is 10.1 Å². The van der Waals surface area contributed by atoms with E-state index in [9.17, 15) is 14.9 Å². The molecule has 1 aromatic carbocycles. The van der Waals surface area contributed by atoms with E-state index >= 15 is 0 Å². The van der Waals surface area contributed by atoms with Gasteiger partial charge in [-0.2, -0.15) is 0 Å². The molecule has 0 atom stereocenters. The van der Waals surface area contributed by atoms with Crippen LogP contribution in [0.3, 0.4) is 0 Å². The van der Waals surface area contributed by atoms with Gasteiger partial charge in [-0.15, -0.1) is 0 Å². The molecule has 7 heteroatoms. The second-order valence-electron chi connectivity index (χ2n) is 6.20. The first kappa shape index (κ1) is 18.7. The number of halogens is 1. The Morgan fingerprint density at radius 1 is 1.21 bits per heavy atom. The van der Waals surface area contributed by atoms with Crippen LogP contribution < -0.4 is 10.6 Å². The highest BCUT2D eigenvalue weighted by Crippen LogP contribution is 2.22. The highest BCUT2D eigenvalue weighted by Gasteiger charge is 2.13. The third kappa shape index (κ3) is 6.09. The summed E-state index contributed by atoms with van der Waals surface area (Å²) in [5.41, 5.74) is 0.522. The molecule has 2 rings (SSSR count). The number of nitro groups is 1. The van der Waals surface area contributed by atoms with Gasteiger partial charge in [0.05, 0.1) is 16.4 Å². The average molecular weight is 354 g/mol. The number of rotatable bonds is 7. The summed E-state index contributed by atoms with van der Waals surface area (Å²) in [7, 11) is 0. The number of carbonyl (C=O) groups excluding carboxylic acids is 1. The van der Waals surface area contributed by atoms with Gasteiger partial charge in [-0.25, -0.2) is 0 Å². The summed E-state index contributed by atoms with van der Waals surface area (Å²) in [5.74, 6) is -0.131. The number of nitro benzene ring substituents is 1. The molecule has 0 radical (unpaired) electrons. The van der Waals surface area contributed by atoms with E-state index in [4.69, 9.17) is 11.6 Å². The summed E-state index contributed by atoms with van der Waals surface area (Å²) in [6, 6.07) is 4.73. The topological polar surface area (TPSA) is 84.3 Å². The third-order valence-corrected chi connectivity index (χ3v) is 4.69. The first-order valence-electron chi connectivity index (χ1n) is 8.49. The molecule has 0 aromatic heterocycles. The number of carbonyl (C=O) groups is 1. The normalized spacial score (nSPS) is 15.7. The summed E-state index contributed by atoms with van der Waals surface area (Å²) in [5, 5.41) is 17.3. The lowest BCUT2D eigenvalue weighted by molar-refractivity contribution is -0.384. The van der Waals surface area contributed by atoms with Crippen molar-refractivity contribution >= 4 is 23.2 Å². The minimum Gasteiger partial charge on any atom is -0.355 e. The van der Waals surface area contributed by atoms with Crippen molar-refractivity contribution in [2.24, 2.45) is 0 Å². The number of hydrogen-bond acceptors (Lipinski definition) is 4. The Hall–Kier alpha value is -1.66. The van der Waals surface area contributed by atoms with Crippen molar-refractivity contribution in [2.45, 2.75) is 51.0 Å². The summed E-state index contributed by atoms with van der Waals surface area (Å²) < 4.78 is 0. The predicted molar refractivity (Wildman–Crippen MR) is 94.3 cm³/mol. The van der Waals surface area contributed by atoms with E-state index in [0.717, 1.165) is 6.54 Å². The molecule has 0 saturated heterocycles. The molecule has 1 fully saturated rings. The summed E-state index contributed by atoms with van der Waals surface area (Å²) >= 11 is 6.00. The second kappa shape index (κ2) is 9.59. The molecule has 0 aliphatic heterocycles. The van der Waals surface area contributed by atoms with Crippen molar-refractivity contribution in [3.8, 4) is 0 Å². The molecule has 0 heterocycles. The molecule has 0 unspecified atom stereocenters. The maximum Gasteiger partial charge on any atom is 0.270 e. The van der Waals surface area contributed by atoms with Crippen molar-refractivity contribution in [1.82, 2.24) is 10.6 Å².